The Hall–Kier alpha value is -3.51. The van der Waals surface area contributed by atoms with Crippen LogP contribution >= 0.6 is 11.6 Å². The van der Waals surface area contributed by atoms with Crippen molar-refractivity contribution in [3.05, 3.63) is 94.5 Å². The van der Waals surface area contributed by atoms with Gasteiger partial charge in [-0.1, -0.05) is 41.9 Å². The van der Waals surface area contributed by atoms with Crippen molar-refractivity contribution < 1.29 is 9.18 Å². The van der Waals surface area contributed by atoms with Crippen LogP contribution in [0.5, 0.6) is 0 Å². The third kappa shape index (κ3) is 3.95. The summed E-state index contributed by atoms with van der Waals surface area (Å²) in [5, 5.41) is 7.65. The van der Waals surface area contributed by atoms with E-state index in [1.165, 1.54) is 18.2 Å². The second-order valence-electron chi connectivity index (χ2n) is 6.86. The van der Waals surface area contributed by atoms with E-state index in [4.69, 9.17) is 11.6 Å². The van der Waals surface area contributed by atoms with Crippen molar-refractivity contribution in [1.29, 1.82) is 0 Å². The summed E-state index contributed by atoms with van der Waals surface area (Å²) < 4.78 is 15.1. The number of hydrogen-bond acceptors (Lipinski definition) is 3. The minimum atomic E-state index is -0.534. The molecule has 4 aromatic rings. The van der Waals surface area contributed by atoms with Gasteiger partial charge >= 0.3 is 0 Å². The molecule has 0 aliphatic heterocycles. The van der Waals surface area contributed by atoms with Crippen molar-refractivity contribution >= 4 is 23.2 Å². The minimum absolute atomic E-state index is 0.0323. The lowest BCUT2D eigenvalue weighted by molar-refractivity contribution is 0.101. The van der Waals surface area contributed by atoms with Crippen LogP contribution in [0, 0.1) is 19.7 Å². The molecule has 0 unspecified atom stereocenters. The van der Waals surface area contributed by atoms with Gasteiger partial charge in [-0.3, -0.25) is 4.79 Å². The lowest BCUT2D eigenvalue weighted by Gasteiger charge is -2.11. The maximum absolute atomic E-state index is 13.5. The van der Waals surface area contributed by atoms with Crippen molar-refractivity contribution in [2.75, 3.05) is 5.32 Å². The van der Waals surface area contributed by atoms with Gasteiger partial charge in [0.05, 0.1) is 5.69 Å². The number of hydrogen-bond donors (Lipinski definition) is 1. The Balaban J connectivity index is 1.81. The number of rotatable bonds is 4. The van der Waals surface area contributed by atoms with Gasteiger partial charge in [0.25, 0.3) is 5.91 Å². The molecule has 4 rings (SSSR count). The quantitative estimate of drug-likeness (QED) is 0.467. The van der Waals surface area contributed by atoms with Crippen LogP contribution in [0.25, 0.3) is 17.1 Å². The number of halogens is 2. The highest BCUT2D eigenvalue weighted by Crippen LogP contribution is 2.26. The average Bonchev–Trinajstić information content (AvgIpc) is 3.15. The van der Waals surface area contributed by atoms with Gasteiger partial charge < -0.3 is 5.32 Å². The predicted octanol–water partition coefficient (Wildman–Crippen LogP) is 5.60. The first kappa shape index (κ1) is 19.8. The minimum Gasteiger partial charge on any atom is -0.319 e. The number of benzene rings is 3. The van der Waals surface area contributed by atoms with E-state index >= 15 is 0 Å². The molecular weight excluding hydrogens is 403 g/mol. The fourth-order valence-corrected chi connectivity index (χ4v) is 3.30. The molecule has 0 fully saturated rings. The molecule has 0 aliphatic rings. The number of anilines is 1. The first-order valence-electron chi connectivity index (χ1n) is 9.29. The smallest absolute Gasteiger partial charge is 0.295 e. The lowest BCUT2D eigenvalue weighted by atomic mass is 10.1. The van der Waals surface area contributed by atoms with Crippen LogP contribution in [0.4, 0.5) is 10.1 Å². The topological polar surface area (TPSA) is 59.8 Å². The summed E-state index contributed by atoms with van der Waals surface area (Å²) >= 11 is 6.17. The Bertz CT molecular complexity index is 1250. The summed E-state index contributed by atoms with van der Waals surface area (Å²) in [6.45, 7) is 3.99. The third-order valence-electron chi connectivity index (χ3n) is 4.78. The number of aromatic nitrogens is 3. The standard InChI is InChI=1S/C23H18ClFN4O/c1-14-6-3-11-20(15(14)2)29-22(16-7-4-8-17(24)12-16)27-21(28-29)23(30)26-19-10-5-9-18(25)13-19/h3-13H,1-2H3,(H,26,30). The SMILES string of the molecule is Cc1cccc(-n2nc(C(=O)Nc3cccc(F)c3)nc2-c2cccc(Cl)c2)c1C. The molecule has 150 valence electrons. The zero-order valence-electron chi connectivity index (χ0n) is 16.4. The van der Waals surface area contributed by atoms with E-state index in [2.05, 4.69) is 15.4 Å². The molecule has 1 aromatic heterocycles. The Morgan fingerprint density at radius 1 is 1.03 bits per heavy atom. The molecule has 3 aromatic carbocycles. The van der Waals surface area contributed by atoms with E-state index in [0.29, 0.717) is 16.5 Å². The predicted molar refractivity (Wildman–Crippen MR) is 116 cm³/mol. The molecule has 7 heteroatoms. The van der Waals surface area contributed by atoms with Gasteiger partial charge in [0, 0.05) is 16.3 Å². The molecule has 5 nitrogen and oxygen atoms in total. The van der Waals surface area contributed by atoms with Gasteiger partial charge in [-0.2, -0.15) is 0 Å². The average molecular weight is 421 g/mol. The van der Waals surface area contributed by atoms with E-state index in [1.54, 1.807) is 22.9 Å². The van der Waals surface area contributed by atoms with Crippen molar-refractivity contribution in [1.82, 2.24) is 14.8 Å². The Morgan fingerprint density at radius 2 is 1.80 bits per heavy atom. The number of carbonyl (C=O) groups excluding carboxylic acids is 1. The van der Waals surface area contributed by atoms with E-state index in [9.17, 15) is 9.18 Å². The van der Waals surface area contributed by atoms with E-state index in [0.717, 1.165) is 22.4 Å². The van der Waals surface area contributed by atoms with Crippen LogP contribution in [0.2, 0.25) is 5.02 Å². The highest BCUT2D eigenvalue weighted by molar-refractivity contribution is 6.30. The largest absolute Gasteiger partial charge is 0.319 e. The highest BCUT2D eigenvalue weighted by Gasteiger charge is 2.20. The number of nitrogens with zero attached hydrogens (tertiary/aromatic N) is 3. The number of amides is 1. The van der Waals surface area contributed by atoms with Crippen LogP contribution < -0.4 is 5.32 Å². The summed E-state index contributed by atoms with van der Waals surface area (Å²) in [7, 11) is 0. The summed E-state index contributed by atoms with van der Waals surface area (Å²) in [5.41, 5.74) is 3.96. The normalized spacial score (nSPS) is 10.8. The number of nitrogens with one attached hydrogen (secondary N) is 1. The van der Waals surface area contributed by atoms with Crippen molar-refractivity contribution in [3.8, 4) is 17.1 Å². The fourth-order valence-electron chi connectivity index (χ4n) is 3.11. The van der Waals surface area contributed by atoms with E-state index in [1.807, 2.05) is 44.2 Å². The molecule has 1 heterocycles. The number of aryl methyl sites for hydroxylation is 1. The van der Waals surface area contributed by atoms with Gasteiger partial charge in [0.2, 0.25) is 5.82 Å². The summed E-state index contributed by atoms with van der Waals surface area (Å²) in [5.74, 6) is -0.528. The first-order chi connectivity index (χ1) is 14.4. The first-order valence-corrected chi connectivity index (χ1v) is 9.66. The zero-order valence-corrected chi connectivity index (χ0v) is 17.1. The van der Waals surface area contributed by atoms with Crippen molar-refractivity contribution in [3.63, 3.8) is 0 Å². The Labute approximate surface area is 178 Å². The molecule has 30 heavy (non-hydrogen) atoms. The van der Waals surface area contributed by atoms with Crippen molar-refractivity contribution in [2.45, 2.75) is 13.8 Å². The molecule has 0 saturated carbocycles. The maximum Gasteiger partial charge on any atom is 0.295 e. The second kappa shape index (κ2) is 8.08. The summed E-state index contributed by atoms with van der Waals surface area (Å²) in [4.78, 5) is 17.2. The fraction of sp³-hybridized carbons (Fsp3) is 0.0870. The third-order valence-corrected chi connectivity index (χ3v) is 5.01. The molecule has 0 atom stereocenters. The van der Waals surface area contributed by atoms with E-state index < -0.39 is 11.7 Å². The van der Waals surface area contributed by atoms with Gasteiger partial charge in [-0.25, -0.2) is 14.1 Å². The molecular formula is C23H18ClFN4O. The summed E-state index contributed by atoms with van der Waals surface area (Å²) in [6.07, 6.45) is 0. The number of carbonyl (C=O) groups is 1. The summed E-state index contributed by atoms with van der Waals surface area (Å²) in [6, 6.07) is 18.7. The lowest BCUT2D eigenvalue weighted by Crippen LogP contribution is -2.14. The van der Waals surface area contributed by atoms with Crippen LogP contribution in [0.15, 0.2) is 66.7 Å². The second-order valence-corrected chi connectivity index (χ2v) is 7.30. The molecule has 0 spiro atoms. The van der Waals surface area contributed by atoms with Crippen LogP contribution in [-0.4, -0.2) is 20.7 Å². The highest BCUT2D eigenvalue weighted by atomic mass is 35.5. The molecule has 0 bridgehead atoms. The molecule has 0 radical (unpaired) electrons. The molecule has 1 N–H and O–H groups in total. The Morgan fingerprint density at radius 3 is 2.57 bits per heavy atom. The molecule has 1 amide bonds. The van der Waals surface area contributed by atoms with Crippen LogP contribution in [0.3, 0.4) is 0 Å². The monoisotopic (exact) mass is 420 g/mol. The Kier molecular flexibility index (Phi) is 5.33. The molecule has 0 saturated heterocycles. The van der Waals surface area contributed by atoms with Gasteiger partial charge in [-0.05, 0) is 61.4 Å². The van der Waals surface area contributed by atoms with Gasteiger partial charge in [0.1, 0.15) is 5.82 Å². The van der Waals surface area contributed by atoms with Gasteiger partial charge in [0.15, 0.2) is 5.82 Å². The van der Waals surface area contributed by atoms with Crippen LogP contribution in [0.1, 0.15) is 21.7 Å². The zero-order chi connectivity index (χ0) is 21.3. The van der Waals surface area contributed by atoms with Gasteiger partial charge in [-0.15, -0.1) is 5.10 Å². The van der Waals surface area contributed by atoms with Crippen LogP contribution in [-0.2, 0) is 0 Å². The molecule has 0 aliphatic carbocycles. The van der Waals surface area contributed by atoms with E-state index in [-0.39, 0.29) is 5.82 Å². The van der Waals surface area contributed by atoms with Crippen molar-refractivity contribution in [2.24, 2.45) is 0 Å². The maximum atomic E-state index is 13.5.